The summed E-state index contributed by atoms with van der Waals surface area (Å²) in [6.45, 7) is 18.7. The number of nitrogens with zero attached hydrogens (tertiary/aromatic N) is 1. The van der Waals surface area contributed by atoms with E-state index in [1.807, 2.05) is 0 Å². The van der Waals surface area contributed by atoms with Crippen LogP contribution in [0.4, 0.5) is 5.13 Å². The second-order valence-electron chi connectivity index (χ2n) is 15.9. The average molecular weight is 531 g/mol. The minimum atomic E-state index is -0.399. The Morgan fingerprint density at radius 2 is 1.65 bits per heavy atom. The molecule has 6 rings (SSSR count). The molecule has 0 unspecified atom stereocenters. The largest absolute Gasteiger partial charge is 0.393 e. The summed E-state index contributed by atoms with van der Waals surface area (Å²) in [5, 5.41) is 24.8. The van der Waals surface area contributed by atoms with Crippen molar-refractivity contribution in [3.63, 3.8) is 0 Å². The lowest BCUT2D eigenvalue weighted by molar-refractivity contribution is -0.259. The standard InChI is InChI=1S/C31H50N2O3S/c1-26(2)11-9-12-31(8,36-26)17-10-13-29(6)22(17)18(34)14-21-28(5)16-20-24(33-25(32)37-20)27(3,4)23(28)19(35)15-30(21,29)7/h17-19,21-23,34-35H,9-16H2,1-8H3,(H2,32,33)/t17-,18+,19-,21+,22-,23-,28+,29+,30+,31+/m0/s1. The third-order valence-electron chi connectivity index (χ3n) is 13.0. The number of aliphatic hydroxyl groups excluding tert-OH is 2. The number of ether oxygens (including phenoxy) is 1. The molecule has 0 amide bonds. The van der Waals surface area contributed by atoms with Gasteiger partial charge in [-0.15, -0.1) is 11.3 Å². The first kappa shape index (κ1) is 26.5. The maximum atomic E-state index is 12.1. The smallest absolute Gasteiger partial charge is 0.180 e. The van der Waals surface area contributed by atoms with Crippen LogP contribution in [-0.2, 0) is 16.6 Å². The molecule has 1 saturated heterocycles. The lowest BCUT2D eigenvalue weighted by atomic mass is 9.35. The van der Waals surface area contributed by atoms with Gasteiger partial charge in [0.15, 0.2) is 5.13 Å². The molecular weight excluding hydrogens is 480 g/mol. The Hall–Kier alpha value is -0.690. The molecule has 37 heavy (non-hydrogen) atoms. The average Bonchev–Trinajstić information content (AvgIpc) is 3.30. The second kappa shape index (κ2) is 7.73. The molecule has 5 nitrogen and oxygen atoms in total. The predicted molar refractivity (Wildman–Crippen MR) is 149 cm³/mol. The van der Waals surface area contributed by atoms with Gasteiger partial charge in [0, 0.05) is 16.2 Å². The quantitative estimate of drug-likeness (QED) is 0.408. The number of hydrogen-bond acceptors (Lipinski definition) is 6. The number of aromatic nitrogens is 1. The molecule has 208 valence electrons. The summed E-state index contributed by atoms with van der Waals surface area (Å²) < 4.78 is 6.87. The van der Waals surface area contributed by atoms with E-state index in [2.05, 4.69) is 55.4 Å². The second-order valence-corrected chi connectivity index (χ2v) is 17.0. The van der Waals surface area contributed by atoms with E-state index in [0.717, 1.165) is 50.6 Å². The Morgan fingerprint density at radius 1 is 0.946 bits per heavy atom. The van der Waals surface area contributed by atoms with Crippen LogP contribution in [0.1, 0.15) is 111 Å². The van der Waals surface area contributed by atoms with Gasteiger partial charge < -0.3 is 20.7 Å². The molecule has 10 atom stereocenters. The minimum Gasteiger partial charge on any atom is -0.393 e. The van der Waals surface area contributed by atoms with Crippen molar-refractivity contribution in [2.45, 2.75) is 136 Å². The summed E-state index contributed by atoms with van der Waals surface area (Å²) in [5.41, 5.74) is 6.53. The van der Waals surface area contributed by atoms with Crippen LogP contribution >= 0.6 is 11.3 Å². The van der Waals surface area contributed by atoms with Gasteiger partial charge in [-0.2, -0.15) is 0 Å². The predicted octanol–water partition coefficient (Wildman–Crippen LogP) is 6.10. The van der Waals surface area contributed by atoms with E-state index in [4.69, 9.17) is 15.5 Å². The van der Waals surface area contributed by atoms with Crippen LogP contribution in [0.3, 0.4) is 0 Å². The van der Waals surface area contributed by atoms with Crippen molar-refractivity contribution in [1.82, 2.24) is 4.98 Å². The molecule has 1 aliphatic heterocycles. The number of aliphatic hydroxyl groups is 2. The van der Waals surface area contributed by atoms with Gasteiger partial charge in [0.1, 0.15) is 0 Å². The maximum Gasteiger partial charge on any atom is 0.180 e. The molecular formula is C31H50N2O3S. The van der Waals surface area contributed by atoms with Gasteiger partial charge in [0.2, 0.25) is 0 Å². The summed E-state index contributed by atoms with van der Waals surface area (Å²) in [6.07, 6.45) is 7.33. The van der Waals surface area contributed by atoms with Crippen LogP contribution < -0.4 is 5.73 Å². The lowest BCUT2D eigenvalue weighted by Gasteiger charge is -2.70. The summed E-state index contributed by atoms with van der Waals surface area (Å²) in [4.78, 5) is 6.05. The van der Waals surface area contributed by atoms with E-state index in [1.54, 1.807) is 11.3 Å². The van der Waals surface area contributed by atoms with Gasteiger partial charge in [0.25, 0.3) is 0 Å². The number of anilines is 1. The normalized spacial score (nSPS) is 52.1. The third kappa shape index (κ3) is 3.34. The van der Waals surface area contributed by atoms with Crippen LogP contribution in [0.15, 0.2) is 0 Å². The molecule has 0 aromatic carbocycles. The molecule has 0 radical (unpaired) electrons. The van der Waals surface area contributed by atoms with Crippen LogP contribution in [-0.4, -0.2) is 38.6 Å². The molecule has 0 spiro atoms. The molecule has 6 heteroatoms. The van der Waals surface area contributed by atoms with E-state index in [9.17, 15) is 10.2 Å². The number of hydrogen-bond donors (Lipinski definition) is 3. The minimum absolute atomic E-state index is 0.0416. The Balaban J connectivity index is 1.42. The molecule has 3 saturated carbocycles. The van der Waals surface area contributed by atoms with Crippen molar-refractivity contribution in [1.29, 1.82) is 0 Å². The molecule has 4 N–H and O–H groups in total. The van der Waals surface area contributed by atoms with Gasteiger partial charge in [0.05, 0.1) is 29.1 Å². The number of nitrogens with two attached hydrogens (primary N) is 1. The van der Waals surface area contributed by atoms with Gasteiger partial charge in [-0.25, -0.2) is 4.98 Å². The first-order valence-corrected chi connectivity index (χ1v) is 15.6. The number of nitrogen functional groups attached to an aromatic ring is 1. The maximum absolute atomic E-state index is 12.1. The summed E-state index contributed by atoms with van der Waals surface area (Å²) >= 11 is 1.63. The fraction of sp³-hybridized carbons (Fsp3) is 0.903. The first-order valence-electron chi connectivity index (χ1n) is 14.8. The molecule has 1 aromatic rings. The molecule has 4 fully saturated rings. The molecule has 0 bridgehead atoms. The number of rotatable bonds is 1. The fourth-order valence-corrected chi connectivity index (χ4v) is 13.0. The third-order valence-corrected chi connectivity index (χ3v) is 13.9. The van der Waals surface area contributed by atoms with Crippen molar-refractivity contribution in [3.05, 3.63) is 10.6 Å². The molecule has 4 aliphatic carbocycles. The van der Waals surface area contributed by atoms with Crippen molar-refractivity contribution in [3.8, 4) is 0 Å². The summed E-state index contributed by atoms with van der Waals surface area (Å²) in [5.74, 6) is 0.974. The number of fused-ring (bicyclic) bond motifs is 6. The van der Waals surface area contributed by atoms with E-state index >= 15 is 0 Å². The zero-order valence-corrected chi connectivity index (χ0v) is 25.2. The van der Waals surface area contributed by atoms with Gasteiger partial charge >= 0.3 is 0 Å². The van der Waals surface area contributed by atoms with Gasteiger partial charge in [-0.1, -0.05) is 34.6 Å². The zero-order chi connectivity index (χ0) is 27.0. The van der Waals surface area contributed by atoms with E-state index in [0.29, 0.717) is 17.0 Å². The fourth-order valence-electron chi connectivity index (χ4n) is 11.8. The highest BCUT2D eigenvalue weighted by Gasteiger charge is 2.73. The van der Waals surface area contributed by atoms with E-state index in [-0.39, 0.29) is 50.8 Å². The van der Waals surface area contributed by atoms with Crippen LogP contribution in [0.5, 0.6) is 0 Å². The Labute approximate surface area is 228 Å². The van der Waals surface area contributed by atoms with Gasteiger partial charge in [-0.3, -0.25) is 0 Å². The summed E-state index contributed by atoms with van der Waals surface area (Å²) in [6, 6.07) is 0. The molecule has 5 aliphatic rings. The Morgan fingerprint density at radius 3 is 2.32 bits per heavy atom. The van der Waals surface area contributed by atoms with Crippen LogP contribution in [0, 0.1) is 39.9 Å². The Kier molecular flexibility index (Phi) is 5.55. The highest BCUT2D eigenvalue weighted by Crippen LogP contribution is 2.75. The van der Waals surface area contributed by atoms with Crippen LogP contribution in [0.25, 0.3) is 0 Å². The Bertz CT molecular complexity index is 1100. The topological polar surface area (TPSA) is 88.6 Å². The van der Waals surface area contributed by atoms with Crippen molar-refractivity contribution >= 4 is 16.5 Å². The SMILES string of the molecule is CC1(C)CCC[C@](C)([C@H]2CC[C@]3(C)[C@@H]2[C@H](O)C[C@@H]2[C@@]4(C)Cc5sc(N)nc5C(C)(C)[C@@H]4[C@@H](O)C[C@]23C)O1. The highest BCUT2D eigenvalue weighted by molar-refractivity contribution is 7.15. The van der Waals surface area contributed by atoms with Crippen LogP contribution in [0.2, 0.25) is 0 Å². The highest BCUT2D eigenvalue weighted by atomic mass is 32.1. The zero-order valence-electron chi connectivity index (χ0n) is 24.4. The van der Waals surface area contributed by atoms with E-state index < -0.39 is 6.10 Å². The summed E-state index contributed by atoms with van der Waals surface area (Å²) in [7, 11) is 0. The number of thiazole rings is 1. The lowest BCUT2D eigenvalue weighted by Crippen LogP contribution is -2.69. The molecule has 2 heterocycles. The first-order chi connectivity index (χ1) is 17.0. The van der Waals surface area contributed by atoms with Crippen molar-refractivity contribution < 1.29 is 14.9 Å². The van der Waals surface area contributed by atoms with Crippen molar-refractivity contribution in [2.75, 3.05) is 5.73 Å². The molecule has 1 aromatic heterocycles. The van der Waals surface area contributed by atoms with Gasteiger partial charge in [-0.05, 0) is 106 Å². The van der Waals surface area contributed by atoms with Crippen molar-refractivity contribution in [2.24, 2.45) is 39.9 Å². The van der Waals surface area contributed by atoms with E-state index in [1.165, 1.54) is 11.3 Å². The monoisotopic (exact) mass is 530 g/mol.